The van der Waals surface area contributed by atoms with E-state index < -0.39 is 11.7 Å². The highest BCUT2D eigenvalue weighted by atomic mass is 35.5. The molecule has 0 fully saturated rings. The summed E-state index contributed by atoms with van der Waals surface area (Å²) in [5.41, 5.74) is 0.594. The van der Waals surface area contributed by atoms with Crippen LogP contribution in [0, 0.1) is 0 Å². The molecule has 11 heteroatoms. The molecule has 0 aliphatic rings. The van der Waals surface area contributed by atoms with E-state index in [-0.39, 0.29) is 30.0 Å². The van der Waals surface area contributed by atoms with E-state index in [9.17, 15) is 18.0 Å². The van der Waals surface area contributed by atoms with E-state index in [1.165, 1.54) is 22.9 Å². The van der Waals surface area contributed by atoms with E-state index in [1.54, 1.807) is 28.8 Å². The summed E-state index contributed by atoms with van der Waals surface area (Å²) in [5.74, 6) is 0.930. The summed E-state index contributed by atoms with van der Waals surface area (Å²) in [6.07, 6.45) is -4.59. The summed E-state index contributed by atoms with van der Waals surface area (Å²) < 4.78 is 42.8. The van der Waals surface area contributed by atoms with Crippen LogP contribution >= 0.6 is 11.6 Å². The highest BCUT2D eigenvalue weighted by Gasteiger charge is 2.33. The number of nitrogens with one attached hydrogen (secondary N) is 1. The average molecular weight is 525 g/mol. The molecular formula is C26H20ClF3N6O. The number of halogens is 4. The zero-order chi connectivity index (χ0) is 26.0. The molecule has 188 valence electrons. The van der Waals surface area contributed by atoms with E-state index in [0.717, 1.165) is 11.6 Å². The summed E-state index contributed by atoms with van der Waals surface area (Å²) in [5, 5.41) is 11.9. The molecule has 0 aliphatic carbocycles. The number of alkyl halides is 3. The van der Waals surface area contributed by atoms with E-state index in [1.807, 2.05) is 30.3 Å². The Bertz CT molecular complexity index is 1570. The lowest BCUT2D eigenvalue weighted by Crippen LogP contribution is -2.26. The zero-order valence-electron chi connectivity index (χ0n) is 19.3. The molecule has 0 amide bonds. The molecule has 0 aliphatic heterocycles. The summed E-state index contributed by atoms with van der Waals surface area (Å²) in [4.78, 5) is 17.7. The fourth-order valence-corrected chi connectivity index (χ4v) is 4.14. The van der Waals surface area contributed by atoms with Crippen molar-refractivity contribution in [2.24, 2.45) is 0 Å². The first-order valence-electron chi connectivity index (χ1n) is 11.3. The van der Waals surface area contributed by atoms with Gasteiger partial charge in [-0.2, -0.15) is 18.3 Å². The third-order valence-corrected chi connectivity index (χ3v) is 6.01. The van der Waals surface area contributed by atoms with Gasteiger partial charge in [0.25, 0.3) is 0 Å². The van der Waals surface area contributed by atoms with Gasteiger partial charge in [0.1, 0.15) is 12.4 Å². The summed E-state index contributed by atoms with van der Waals surface area (Å²) in [7, 11) is 0. The molecule has 2 aromatic heterocycles. The molecule has 37 heavy (non-hydrogen) atoms. The second kappa shape index (κ2) is 10.1. The highest BCUT2D eigenvalue weighted by molar-refractivity contribution is 6.30. The molecule has 0 unspecified atom stereocenters. The molecule has 2 heterocycles. The summed E-state index contributed by atoms with van der Waals surface area (Å²) in [6.45, 7) is 0.267. The SMILES string of the molecule is O=c1n(Cc2nc(Cc3ccccc3C(F)(F)F)n[nH]2)nc(-c2ccc(Cl)cc2)n1Cc1ccccc1. The van der Waals surface area contributed by atoms with Crippen LogP contribution < -0.4 is 5.69 Å². The largest absolute Gasteiger partial charge is 0.416 e. The van der Waals surface area contributed by atoms with E-state index in [4.69, 9.17) is 11.6 Å². The molecule has 0 saturated heterocycles. The van der Waals surface area contributed by atoms with Crippen LogP contribution in [0.2, 0.25) is 5.02 Å². The lowest BCUT2D eigenvalue weighted by Gasteiger charge is -2.11. The normalized spacial score (nSPS) is 11.7. The van der Waals surface area contributed by atoms with Crippen LogP contribution in [-0.2, 0) is 25.7 Å². The fourth-order valence-electron chi connectivity index (χ4n) is 4.01. The Balaban J connectivity index is 1.44. The van der Waals surface area contributed by atoms with Gasteiger partial charge in [0.05, 0.1) is 12.1 Å². The average Bonchev–Trinajstić information content (AvgIpc) is 3.44. The maximum atomic E-state index is 13.3. The quantitative estimate of drug-likeness (QED) is 0.318. The van der Waals surface area contributed by atoms with Crippen LogP contribution in [0.15, 0.2) is 83.7 Å². The van der Waals surface area contributed by atoms with Gasteiger partial charge in [0.15, 0.2) is 11.6 Å². The molecule has 0 saturated carbocycles. The number of aromatic amines is 1. The third kappa shape index (κ3) is 5.49. The molecule has 0 bridgehead atoms. The highest BCUT2D eigenvalue weighted by Crippen LogP contribution is 2.32. The van der Waals surface area contributed by atoms with Crippen molar-refractivity contribution in [3.63, 3.8) is 0 Å². The maximum Gasteiger partial charge on any atom is 0.416 e. The Morgan fingerprint density at radius 2 is 1.59 bits per heavy atom. The minimum atomic E-state index is -4.48. The predicted octanol–water partition coefficient (Wildman–Crippen LogP) is 5.19. The number of rotatable bonds is 7. The number of H-pyrrole nitrogens is 1. The standard InChI is InChI=1S/C26H20ClF3N6O/c27-20-12-10-18(11-13-20)24-34-36(25(37)35(24)15-17-6-2-1-3-7-17)16-23-31-22(32-33-23)14-19-8-4-5-9-21(19)26(28,29)30/h1-13H,14-16H2,(H,31,32,33). The molecular weight excluding hydrogens is 505 g/mol. The lowest BCUT2D eigenvalue weighted by molar-refractivity contribution is -0.138. The Labute approximate surface area is 214 Å². The maximum absolute atomic E-state index is 13.3. The van der Waals surface area contributed by atoms with Crippen molar-refractivity contribution in [3.8, 4) is 11.4 Å². The van der Waals surface area contributed by atoms with Crippen molar-refractivity contribution < 1.29 is 13.2 Å². The first kappa shape index (κ1) is 24.5. The van der Waals surface area contributed by atoms with Gasteiger partial charge in [-0.1, -0.05) is 60.1 Å². The molecule has 0 spiro atoms. The number of nitrogens with zero attached hydrogens (tertiary/aromatic N) is 5. The number of hydrogen-bond acceptors (Lipinski definition) is 4. The van der Waals surface area contributed by atoms with Gasteiger partial charge in [0, 0.05) is 17.0 Å². The smallest absolute Gasteiger partial charge is 0.270 e. The molecule has 5 rings (SSSR count). The van der Waals surface area contributed by atoms with Crippen LogP contribution in [0.1, 0.15) is 28.3 Å². The topological polar surface area (TPSA) is 81.4 Å². The van der Waals surface area contributed by atoms with Crippen molar-refractivity contribution in [3.05, 3.63) is 123 Å². The summed E-state index contributed by atoms with van der Waals surface area (Å²) in [6, 6.07) is 21.8. The Hall–Kier alpha value is -4.18. The Morgan fingerprint density at radius 3 is 2.32 bits per heavy atom. The molecule has 1 N–H and O–H groups in total. The minimum Gasteiger partial charge on any atom is -0.270 e. The monoisotopic (exact) mass is 524 g/mol. The van der Waals surface area contributed by atoms with Gasteiger partial charge in [0.2, 0.25) is 0 Å². The van der Waals surface area contributed by atoms with Crippen molar-refractivity contribution in [1.82, 2.24) is 29.5 Å². The molecule has 7 nitrogen and oxygen atoms in total. The van der Waals surface area contributed by atoms with E-state index in [0.29, 0.717) is 28.8 Å². The van der Waals surface area contributed by atoms with E-state index in [2.05, 4.69) is 20.3 Å². The van der Waals surface area contributed by atoms with Crippen molar-refractivity contribution in [1.29, 1.82) is 0 Å². The van der Waals surface area contributed by atoms with Crippen LogP contribution in [0.5, 0.6) is 0 Å². The number of aromatic nitrogens is 6. The van der Waals surface area contributed by atoms with Crippen LogP contribution in [0.3, 0.4) is 0 Å². The van der Waals surface area contributed by atoms with Crippen LogP contribution in [0.25, 0.3) is 11.4 Å². The fraction of sp³-hybridized carbons (Fsp3) is 0.154. The molecule has 3 aromatic carbocycles. The number of hydrogen-bond donors (Lipinski definition) is 1. The van der Waals surface area contributed by atoms with Gasteiger partial charge < -0.3 is 0 Å². The van der Waals surface area contributed by atoms with Crippen molar-refractivity contribution in [2.75, 3.05) is 0 Å². The Kier molecular flexibility index (Phi) is 6.66. The molecule has 0 atom stereocenters. The van der Waals surface area contributed by atoms with E-state index >= 15 is 0 Å². The van der Waals surface area contributed by atoms with Gasteiger partial charge >= 0.3 is 11.9 Å². The van der Waals surface area contributed by atoms with Crippen molar-refractivity contribution in [2.45, 2.75) is 25.7 Å². The predicted molar refractivity (Wildman–Crippen MR) is 132 cm³/mol. The third-order valence-electron chi connectivity index (χ3n) is 5.76. The second-order valence-electron chi connectivity index (χ2n) is 8.37. The Morgan fingerprint density at radius 1 is 0.892 bits per heavy atom. The van der Waals surface area contributed by atoms with Gasteiger partial charge in [-0.3, -0.25) is 9.67 Å². The molecule has 5 aromatic rings. The van der Waals surface area contributed by atoms with Gasteiger partial charge in [-0.15, -0.1) is 5.10 Å². The minimum absolute atomic E-state index is 0.0326. The summed E-state index contributed by atoms with van der Waals surface area (Å²) >= 11 is 6.03. The van der Waals surface area contributed by atoms with Crippen molar-refractivity contribution >= 4 is 11.6 Å². The van der Waals surface area contributed by atoms with Crippen LogP contribution in [-0.4, -0.2) is 29.5 Å². The van der Waals surface area contributed by atoms with Gasteiger partial charge in [-0.25, -0.2) is 14.5 Å². The first-order chi connectivity index (χ1) is 17.8. The first-order valence-corrected chi connectivity index (χ1v) is 11.7. The number of benzene rings is 3. The zero-order valence-corrected chi connectivity index (χ0v) is 20.0. The molecule has 0 radical (unpaired) electrons. The lowest BCUT2D eigenvalue weighted by atomic mass is 10.0. The second-order valence-corrected chi connectivity index (χ2v) is 8.81. The van der Waals surface area contributed by atoms with Crippen LogP contribution in [0.4, 0.5) is 13.2 Å². The van der Waals surface area contributed by atoms with Gasteiger partial charge in [-0.05, 0) is 41.5 Å².